The minimum Gasteiger partial charge on any atom is -0.463 e. The van der Waals surface area contributed by atoms with Crippen molar-refractivity contribution in [3.05, 3.63) is 76.5 Å². The van der Waals surface area contributed by atoms with E-state index in [1.165, 1.54) is 0 Å². The quantitative estimate of drug-likeness (QED) is 0.415. The fraction of sp³-hybridized carbons (Fsp3) is 0.273. The Labute approximate surface area is 174 Å². The first-order valence-electron chi connectivity index (χ1n) is 10.0. The highest BCUT2D eigenvalue weighted by molar-refractivity contribution is 5.69. The molecule has 0 amide bonds. The van der Waals surface area contributed by atoms with Gasteiger partial charge in [0.25, 0.3) is 0 Å². The molecule has 0 unspecified atom stereocenters. The zero-order valence-electron chi connectivity index (χ0n) is 16.8. The van der Waals surface area contributed by atoms with Crippen LogP contribution >= 0.6 is 0 Å². The van der Waals surface area contributed by atoms with Crippen molar-refractivity contribution in [1.82, 2.24) is 24.5 Å². The molecule has 2 N–H and O–H groups in total. The van der Waals surface area contributed by atoms with Gasteiger partial charge in [-0.15, -0.1) is 0 Å². The zero-order valence-corrected chi connectivity index (χ0v) is 16.8. The molecule has 30 heavy (non-hydrogen) atoms. The maximum absolute atomic E-state index is 12.5. The van der Waals surface area contributed by atoms with Crippen LogP contribution in [0.3, 0.4) is 0 Å². The lowest BCUT2D eigenvalue weighted by Crippen LogP contribution is -2.18. The molecule has 8 nitrogen and oxygen atoms in total. The zero-order chi connectivity index (χ0) is 20.8. The topological polar surface area (TPSA) is 97.7 Å². The molecule has 0 bridgehead atoms. The van der Waals surface area contributed by atoms with Crippen LogP contribution in [0.15, 0.2) is 59.7 Å². The average molecular weight is 404 g/mol. The Balaban J connectivity index is 1.52. The molecule has 0 spiro atoms. The summed E-state index contributed by atoms with van der Waals surface area (Å²) in [4.78, 5) is 28.2. The van der Waals surface area contributed by atoms with Gasteiger partial charge in [0.1, 0.15) is 11.3 Å². The van der Waals surface area contributed by atoms with Gasteiger partial charge in [-0.2, -0.15) is 4.98 Å². The lowest BCUT2D eigenvalue weighted by atomic mass is 10.1. The number of ether oxygens (including phenoxy) is 1. The summed E-state index contributed by atoms with van der Waals surface area (Å²) >= 11 is 0. The van der Waals surface area contributed by atoms with E-state index in [1.807, 2.05) is 36.4 Å². The van der Waals surface area contributed by atoms with E-state index >= 15 is 0 Å². The lowest BCUT2D eigenvalue weighted by Gasteiger charge is -2.09. The molecule has 3 aromatic heterocycles. The average Bonchev–Trinajstić information content (AvgIpc) is 3.08. The predicted molar refractivity (Wildman–Crippen MR) is 116 cm³/mol. The summed E-state index contributed by atoms with van der Waals surface area (Å²) in [6.45, 7) is 3.70. The van der Waals surface area contributed by atoms with E-state index < -0.39 is 0 Å². The number of H-pyrrole nitrogens is 1. The molecule has 0 saturated carbocycles. The molecule has 4 rings (SSSR count). The molecule has 0 radical (unpaired) electrons. The monoisotopic (exact) mass is 404 g/mol. The summed E-state index contributed by atoms with van der Waals surface area (Å²) in [5.41, 5.74) is 3.02. The number of anilines is 1. The molecular weight excluding hydrogens is 380 g/mol. The van der Waals surface area contributed by atoms with Gasteiger partial charge in [0.15, 0.2) is 5.65 Å². The second-order valence-electron chi connectivity index (χ2n) is 7.00. The van der Waals surface area contributed by atoms with Crippen molar-refractivity contribution in [3.8, 4) is 6.01 Å². The molecule has 0 atom stereocenters. The molecule has 0 aliphatic rings. The number of imidazole rings is 1. The number of hydrogen-bond donors (Lipinski definition) is 2. The van der Waals surface area contributed by atoms with Crippen molar-refractivity contribution in [2.45, 2.75) is 32.9 Å². The van der Waals surface area contributed by atoms with Gasteiger partial charge < -0.3 is 15.0 Å². The number of rotatable bonds is 9. The van der Waals surface area contributed by atoms with Gasteiger partial charge in [0.05, 0.1) is 19.3 Å². The number of nitrogens with one attached hydrogen (secondary N) is 2. The number of aromatic amines is 1. The number of pyridine rings is 1. The van der Waals surface area contributed by atoms with Gasteiger partial charge in [0, 0.05) is 12.7 Å². The number of benzene rings is 1. The van der Waals surface area contributed by atoms with Crippen molar-refractivity contribution >= 4 is 17.0 Å². The SMILES string of the molecule is CCCCOc1ncc2[nH]c(=O)n(Cc3cccc(CNc4ccccn4)c3)c2n1. The first-order chi connectivity index (χ1) is 14.7. The van der Waals surface area contributed by atoms with Gasteiger partial charge in [-0.3, -0.25) is 4.57 Å². The summed E-state index contributed by atoms with van der Waals surface area (Å²) in [5.74, 6) is 0.822. The highest BCUT2D eigenvalue weighted by atomic mass is 16.5. The molecule has 0 aliphatic carbocycles. The van der Waals surface area contributed by atoms with E-state index in [0.29, 0.717) is 30.9 Å². The molecule has 0 fully saturated rings. The standard InChI is InChI=1S/C22H24N6O2/c1-2-3-11-30-21-25-14-18-20(27-21)28(22(29)26-18)15-17-8-6-7-16(12-17)13-24-19-9-4-5-10-23-19/h4-10,12,14H,2-3,11,13,15H2,1H3,(H,23,24)(H,26,29). The third-order valence-electron chi connectivity index (χ3n) is 4.69. The van der Waals surface area contributed by atoms with Gasteiger partial charge >= 0.3 is 11.7 Å². The van der Waals surface area contributed by atoms with E-state index in [9.17, 15) is 4.79 Å². The summed E-state index contributed by atoms with van der Waals surface area (Å²) < 4.78 is 7.20. The van der Waals surface area contributed by atoms with Crippen LogP contribution in [0.2, 0.25) is 0 Å². The number of fused-ring (bicyclic) bond motifs is 1. The van der Waals surface area contributed by atoms with Crippen molar-refractivity contribution in [2.24, 2.45) is 0 Å². The van der Waals surface area contributed by atoms with Gasteiger partial charge in [-0.05, 0) is 29.7 Å². The minimum absolute atomic E-state index is 0.220. The number of unbranched alkanes of at least 4 members (excludes halogenated alkanes) is 1. The third kappa shape index (κ3) is 4.65. The molecular formula is C22H24N6O2. The van der Waals surface area contributed by atoms with E-state index in [1.54, 1.807) is 17.0 Å². The van der Waals surface area contributed by atoms with E-state index in [2.05, 4.69) is 38.2 Å². The molecule has 0 aliphatic heterocycles. The summed E-state index contributed by atoms with van der Waals surface area (Å²) in [5, 5.41) is 3.30. The van der Waals surface area contributed by atoms with Crippen LogP contribution in [-0.2, 0) is 13.1 Å². The first kappa shape index (κ1) is 19.6. The smallest absolute Gasteiger partial charge is 0.328 e. The highest BCUT2D eigenvalue weighted by Crippen LogP contribution is 2.14. The van der Waals surface area contributed by atoms with Crippen LogP contribution in [0.4, 0.5) is 5.82 Å². The second-order valence-corrected chi connectivity index (χ2v) is 7.00. The van der Waals surface area contributed by atoms with Gasteiger partial charge in [-0.25, -0.2) is 14.8 Å². The van der Waals surface area contributed by atoms with Crippen molar-refractivity contribution in [1.29, 1.82) is 0 Å². The largest absolute Gasteiger partial charge is 0.463 e. The number of aromatic nitrogens is 5. The Bertz CT molecular complexity index is 1170. The van der Waals surface area contributed by atoms with Crippen LogP contribution in [0, 0.1) is 0 Å². The minimum atomic E-state index is -0.220. The Morgan fingerprint density at radius 2 is 2.03 bits per heavy atom. The molecule has 1 aromatic carbocycles. The molecule has 3 heterocycles. The summed E-state index contributed by atoms with van der Waals surface area (Å²) in [7, 11) is 0. The molecule has 0 saturated heterocycles. The van der Waals surface area contributed by atoms with E-state index in [-0.39, 0.29) is 11.7 Å². The van der Waals surface area contributed by atoms with Crippen molar-refractivity contribution in [3.63, 3.8) is 0 Å². The fourth-order valence-electron chi connectivity index (χ4n) is 3.13. The number of hydrogen-bond acceptors (Lipinski definition) is 6. The van der Waals surface area contributed by atoms with Crippen LogP contribution in [-0.4, -0.2) is 31.1 Å². The van der Waals surface area contributed by atoms with Crippen molar-refractivity contribution in [2.75, 3.05) is 11.9 Å². The maximum atomic E-state index is 12.5. The molecule has 154 valence electrons. The lowest BCUT2D eigenvalue weighted by molar-refractivity contribution is 0.286. The Morgan fingerprint density at radius 3 is 2.87 bits per heavy atom. The summed E-state index contributed by atoms with van der Waals surface area (Å²) in [6.07, 6.45) is 5.31. The molecule has 4 aromatic rings. The maximum Gasteiger partial charge on any atom is 0.328 e. The van der Waals surface area contributed by atoms with Crippen LogP contribution in [0.5, 0.6) is 6.01 Å². The number of nitrogens with zero attached hydrogens (tertiary/aromatic N) is 4. The van der Waals surface area contributed by atoms with Gasteiger partial charge in [0.2, 0.25) is 0 Å². The highest BCUT2D eigenvalue weighted by Gasteiger charge is 2.11. The fourth-order valence-corrected chi connectivity index (χ4v) is 3.13. The van der Waals surface area contributed by atoms with Crippen molar-refractivity contribution < 1.29 is 4.74 Å². The second kappa shape index (κ2) is 9.21. The Hall–Kier alpha value is -3.68. The van der Waals surface area contributed by atoms with Crippen LogP contribution in [0.25, 0.3) is 11.2 Å². The van der Waals surface area contributed by atoms with Crippen LogP contribution < -0.4 is 15.7 Å². The first-order valence-corrected chi connectivity index (χ1v) is 10.0. The normalized spacial score (nSPS) is 11.0. The molecule has 8 heteroatoms. The van der Waals surface area contributed by atoms with E-state index in [4.69, 9.17) is 4.74 Å². The van der Waals surface area contributed by atoms with Crippen LogP contribution in [0.1, 0.15) is 30.9 Å². The predicted octanol–water partition coefficient (Wildman–Crippen LogP) is 3.35. The third-order valence-corrected chi connectivity index (χ3v) is 4.69. The van der Waals surface area contributed by atoms with Gasteiger partial charge in [-0.1, -0.05) is 43.7 Å². The summed E-state index contributed by atoms with van der Waals surface area (Å²) in [6, 6.07) is 14.1. The van der Waals surface area contributed by atoms with E-state index in [0.717, 1.165) is 29.8 Å². The Morgan fingerprint density at radius 1 is 1.13 bits per heavy atom. The Kier molecular flexibility index (Phi) is 6.03.